The van der Waals surface area contributed by atoms with Gasteiger partial charge in [0.2, 0.25) is 11.9 Å². The maximum Gasteiger partial charge on any atom is 0.245 e. The molecule has 2 aliphatic carbocycles. The zero-order chi connectivity index (χ0) is 23.1. The Morgan fingerprint density at radius 2 is 1.82 bits per heavy atom. The standard InChI is InChI=1S/C25H35N7O2/c33-17-13-18-20(14-17)26-25(32-12-6-9-21(32)24(34)31-10-4-1-5-11-31)28-23(18)27-22-15-19(29-30-22)16-7-2-3-8-16/h15-17,21,33H,1-14H2,(H2,26,27,28,29,30)/t17?,21-/m0/s1. The van der Waals surface area contributed by atoms with Crippen LogP contribution in [0, 0.1) is 0 Å². The molecule has 3 fully saturated rings. The zero-order valence-corrected chi connectivity index (χ0v) is 19.8. The minimum atomic E-state index is -0.447. The van der Waals surface area contributed by atoms with Gasteiger partial charge in [-0.25, -0.2) is 4.98 Å². The van der Waals surface area contributed by atoms with E-state index in [2.05, 4.69) is 26.5 Å². The number of aliphatic hydroxyl groups is 1. The van der Waals surface area contributed by atoms with Crippen molar-refractivity contribution in [2.24, 2.45) is 0 Å². The number of nitrogens with one attached hydrogen (secondary N) is 2. The summed E-state index contributed by atoms with van der Waals surface area (Å²) in [5.41, 5.74) is 3.01. The van der Waals surface area contributed by atoms with Crippen molar-refractivity contribution in [1.29, 1.82) is 0 Å². The molecule has 2 atom stereocenters. The minimum absolute atomic E-state index is 0.199. The number of carbonyl (C=O) groups is 1. The molecule has 2 aromatic heterocycles. The van der Waals surface area contributed by atoms with Crippen molar-refractivity contribution in [1.82, 2.24) is 25.1 Å². The van der Waals surface area contributed by atoms with Crippen LogP contribution < -0.4 is 10.2 Å². The highest BCUT2D eigenvalue weighted by atomic mass is 16.3. The average molecular weight is 466 g/mol. The van der Waals surface area contributed by atoms with E-state index >= 15 is 0 Å². The maximum absolute atomic E-state index is 13.3. The van der Waals surface area contributed by atoms with Crippen molar-refractivity contribution in [2.45, 2.75) is 88.7 Å². The van der Waals surface area contributed by atoms with Crippen LogP contribution >= 0.6 is 0 Å². The van der Waals surface area contributed by atoms with Crippen LogP contribution in [0.15, 0.2) is 6.07 Å². The molecular weight excluding hydrogens is 430 g/mol. The summed E-state index contributed by atoms with van der Waals surface area (Å²) in [6.45, 7) is 2.49. The number of rotatable bonds is 5. The second-order valence-corrected chi connectivity index (χ2v) is 10.4. The molecule has 0 aromatic carbocycles. The lowest BCUT2D eigenvalue weighted by molar-refractivity contribution is -0.133. The highest BCUT2D eigenvalue weighted by Crippen LogP contribution is 2.36. The molecule has 0 radical (unpaired) electrons. The van der Waals surface area contributed by atoms with Gasteiger partial charge in [-0.15, -0.1) is 0 Å². The van der Waals surface area contributed by atoms with Gasteiger partial charge in [0.25, 0.3) is 0 Å². The Morgan fingerprint density at radius 1 is 1.00 bits per heavy atom. The summed E-state index contributed by atoms with van der Waals surface area (Å²) in [6, 6.07) is 1.89. The number of aromatic nitrogens is 4. The fraction of sp³-hybridized carbons (Fsp3) is 0.680. The van der Waals surface area contributed by atoms with Crippen LogP contribution in [0.3, 0.4) is 0 Å². The number of H-pyrrole nitrogens is 1. The summed E-state index contributed by atoms with van der Waals surface area (Å²) >= 11 is 0. The summed E-state index contributed by atoms with van der Waals surface area (Å²) in [6.07, 6.45) is 10.8. The van der Waals surface area contributed by atoms with Crippen molar-refractivity contribution in [3.05, 3.63) is 23.0 Å². The van der Waals surface area contributed by atoms with Gasteiger partial charge in [-0.05, 0) is 44.9 Å². The Balaban J connectivity index is 1.27. The SMILES string of the molecule is O=C([C@@H]1CCCN1c1nc2c(c(Nc3cc(C4CCCC4)[nH]n3)n1)CC(O)C2)N1CCCCC1. The van der Waals surface area contributed by atoms with Crippen molar-refractivity contribution in [3.8, 4) is 0 Å². The molecule has 1 unspecified atom stereocenters. The van der Waals surface area contributed by atoms with Crippen LogP contribution in [0.1, 0.15) is 80.7 Å². The van der Waals surface area contributed by atoms with Crippen molar-refractivity contribution in [3.63, 3.8) is 0 Å². The largest absolute Gasteiger partial charge is 0.392 e. The molecule has 9 nitrogen and oxygen atoms in total. The number of aliphatic hydroxyl groups excluding tert-OH is 1. The van der Waals surface area contributed by atoms with Crippen molar-refractivity contribution in [2.75, 3.05) is 29.9 Å². The van der Waals surface area contributed by atoms with E-state index < -0.39 is 6.10 Å². The van der Waals surface area contributed by atoms with E-state index in [0.29, 0.717) is 30.5 Å². The van der Waals surface area contributed by atoms with Crippen LogP contribution in [-0.4, -0.2) is 67.9 Å². The van der Waals surface area contributed by atoms with E-state index in [1.807, 2.05) is 4.90 Å². The van der Waals surface area contributed by atoms with Gasteiger partial charge in [-0.3, -0.25) is 9.89 Å². The summed E-state index contributed by atoms with van der Waals surface area (Å²) in [5.74, 6) is 2.82. The van der Waals surface area contributed by atoms with E-state index in [4.69, 9.17) is 9.97 Å². The maximum atomic E-state index is 13.3. The monoisotopic (exact) mass is 465 g/mol. The molecule has 2 aliphatic heterocycles. The molecule has 6 rings (SSSR count). The van der Waals surface area contributed by atoms with Gasteiger partial charge >= 0.3 is 0 Å². The molecule has 182 valence electrons. The molecule has 4 heterocycles. The number of nitrogens with zero attached hydrogens (tertiary/aromatic N) is 5. The number of anilines is 3. The van der Waals surface area contributed by atoms with E-state index in [-0.39, 0.29) is 11.9 Å². The number of fused-ring (bicyclic) bond motifs is 1. The number of likely N-dealkylation sites (tertiary alicyclic amines) is 1. The van der Waals surface area contributed by atoms with Gasteiger partial charge < -0.3 is 20.2 Å². The fourth-order valence-electron chi connectivity index (χ4n) is 6.22. The summed E-state index contributed by atoms with van der Waals surface area (Å²) in [4.78, 5) is 27.2. The Morgan fingerprint density at radius 3 is 2.65 bits per heavy atom. The molecule has 1 amide bonds. The summed E-state index contributed by atoms with van der Waals surface area (Å²) in [7, 11) is 0. The molecule has 0 bridgehead atoms. The number of hydrogen-bond acceptors (Lipinski definition) is 7. The van der Waals surface area contributed by atoms with Gasteiger partial charge in [-0.2, -0.15) is 10.1 Å². The van der Waals surface area contributed by atoms with E-state index in [9.17, 15) is 9.90 Å². The predicted octanol–water partition coefficient (Wildman–Crippen LogP) is 3.04. The van der Waals surface area contributed by atoms with Crippen molar-refractivity contribution < 1.29 is 9.90 Å². The number of aromatic amines is 1. The van der Waals surface area contributed by atoms with Crippen LogP contribution in [0.5, 0.6) is 0 Å². The van der Waals surface area contributed by atoms with E-state index in [1.54, 1.807) is 0 Å². The van der Waals surface area contributed by atoms with Gasteiger partial charge in [0.05, 0.1) is 11.8 Å². The highest BCUT2D eigenvalue weighted by molar-refractivity contribution is 5.85. The second-order valence-electron chi connectivity index (χ2n) is 10.4. The smallest absolute Gasteiger partial charge is 0.245 e. The molecule has 1 saturated carbocycles. The zero-order valence-electron chi connectivity index (χ0n) is 19.8. The quantitative estimate of drug-likeness (QED) is 0.622. The highest BCUT2D eigenvalue weighted by Gasteiger charge is 2.37. The molecule has 34 heavy (non-hydrogen) atoms. The lowest BCUT2D eigenvalue weighted by Crippen LogP contribution is -2.48. The van der Waals surface area contributed by atoms with Crippen LogP contribution in [0.2, 0.25) is 0 Å². The lowest BCUT2D eigenvalue weighted by atomic mass is 10.0. The lowest BCUT2D eigenvalue weighted by Gasteiger charge is -2.32. The van der Waals surface area contributed by atoms with Crippen LogP contribution in [0.25, 0.3) is 0 Å². The molecule has 9 heteroatoms. The first-order valence-electron chi connectivity index (χ1n) is 13.1. The first-order valence-corrected chi connectivity index (χ1v) is 13.1. The molecule has 2 saturated heterocycles. The number of amides is 1. The first-order chi connectivity index (χ1) is 16.7. The third kappa shape index (κ3) is 4.15. The topological polar surface area (TPSA) is 110 Å². The molecular formula is C25H35N7O2. The Bertz CT molecular complexity index is 1040. The Hall–Kier alpha value is -2.68. The fourth-order valence-corrected chi connectivity index (χ4v) is 6.22. The summed E-state index contributed by atoms with van der Waals surface area (Å²) < 4.78 is 0. The molecule has 4 aliphatic rings. The molecule has 3 N–H and O–H groups in total. The van der Waals surface area contributed by atoms with Gasteiger partial charge in [0.15, 0.2) is 5.82 Å². The molecule has 0 spiro atoms. The van der Waals surface area contributed by atoms with Gasteiger partial charge in [-0.1, -0.05) is 12.8 Å². The number of carbonyl (C=O) groups excluding carboxylic acids is 1. The van der Waals surface area contributed by atoms with Crippen LogP contribution in [0.4, 0.5) is 17.6 Å². The normalized spacial score (nSPS) is 25.2. The third-order valence-corrected chi connectivity index (χ3v) is 8.05. The predicted molar refractivity (Wildman–Crippen MR) is 129 cm³/mol. The Labute approximate surface area is 200 Å². The van der Waals surface area contributed by atoms with E-state index in [0.717, 1.165) is 62.4 Å². The van der Waals surface area contributed by atoms with Crippen molar-refractivity contribution >= 4 is 23.5 Å². The number of hydrogen-bond donors (Lipinski definition) is 3. The number of piperidine rings is 1. The van der Waals surface area contributed by atoms with Crippen LogP contribution in [-0.2, 0) is 17.6 Å². The Kier molecular flexibility index (Phi) is 5.89. The van der Waals surface area contributed by atoms with Gasteiger partial charge in [0.1, 0.15) is 11.9 Å². The summed E-state index contributed by atoms with van der Waals surface area (Å²) in [5, 5.41) is 21.5. The second kappa shape index (κ2) is 9.17. The minimum Gasteiger partial charge on any atom is -0.392 e. The molecule has 2 aromatic rings. The van der Waals surface area contributed by atoms with Gasteiger partial charge in [0, 0.05) is 55.7 Å². The first kappa shape index (κ1) is 21.8. The average Bonchev–Trinajstić information content (AvgIpc) is 3.65. The third-order valence-electron chi connectivity index (χ3n) is 8.05. The van der Waals surface area contributed by atoms with E-state index in [1.165, 1.54) is 37.8 Å².